The van der Waals surface area contributed by atoms with Crippen molar-refractivity contribution in [1.82, 2.24) is 4.90 Å². The van der Waals surface area contributed by atoms with Crippen LogP contribution < -0.4 is 0 Å². The quantitative estimate of drug-likeness (QED) is 0.537. The lowest BCUT2D eigenvalue weighted by Crippen LogP contribution is -2.37. The Kier molecular flexibility index (Phi) is 3.91. The number of ketones is 1. The van der Waals surface area contributed by atoms with Crippen LogP contribution >= 0.6 is 0 Å². The van der Waals surface area contributed by atoms with E-state index in [0.29, 0.717) is 25.9 Å². The smallest absolute Gasteiger partial charge is 0.246 e. The number of piperidine rings is 1. The van der Waals surface area contributed by atoms with E-state index in [4.69, 9.17) is 0 Å². The molecule has 0 aromatic carbocycles. The van der Waals surface area contributed by atoms with E-state index < -0.39 is 0 Å². The molecular formula is C14H17NO2. The van der Waals surface area contributed by atoms with Gasteiger partial charge in [0.25, 0.3) is 0 Å². The molecule has 0 atom stereocenters. The van der Waals surface area contributed by atoms with Gasteiger partial charge in [0.1, 0.15) is 5.78 Å². The summed E-state index contributed by atoms with van der Waals surface area (Å²) < 4.78 is 0. The Morgan fingerprint density at radius 2 is 1.88 bits per heavy atom. The van der Waals surface area contributed by atoms with Crippen molar-refractivity contribution >= 4 is 11.7 Å². The van der Waals surface area contributed by atoms with E-state index in [1.165, 1.54) is 0 Å². The molecule has 0 bridgehead atoms. The average Bonchev–Trinajstić information content (AvgIpc) is 2.38. The third kappa shape index (κ3) is 3.41. The molecule has 1 fully saturated rings. The summed E-state index contributed by atoms with van der Waals surface area (Å²) in [6.45, 7) is 1.14. The van der Waals surface area contributed by atoms with E-state index in [9.17, 15) is 9.59 Å². The number of hydrogen-bond acceptors (Lipinski definition) is 2. The van der Waals surface area contributed by atoms with Gasteiger partial charge in [-0.3, -0.25) is 9.59 Å². The number of Topliss-reactive ketones (excluding diaryl/α,β-unsaturated/α-hetero) is 1. The van der Waals surface area contributed by atoms with Crippen molar-refractivity contribution in [3.63, 3.8) is 0 Å². The second-order valence-electron chi connectivity index (χ2n) is 4.39. The van der Waals surface area contributed by atoms with E-state index in [1.54, 1.807) is 11.0 Å². The van der Waals surface area contributed by atoms with Crippen molar-refractivity contribution in [1.29, 1.82) is 0 Å². The van der Waals surface area contributed by atoms with Crippen molar-refractivity contribution in [2.45, 2.75) is 19.3 Å². The molecule has 3 heteroatoms. The molecule has 0 aromatic rings. The van der Waals surface area contributed by atoms with Crippen LogP contribution in [0.3, 0.4) is 0 Å². The van der Waals surface area contributed by atoms with Crippen LogP contribution in [0.5, 0.6) is 0 Å². The zero-order valence-corrected chi connectivity index (χ0v) is 9.84. The molecule has 2 rings (SSSR count). The summed E-state index contributed by atoms with van der Waals surface area (Å²) >= 11 is 0. The van der Waals surface area contributed by atoms with E-state index in [-0.39, 0.29) is 17.6 Å². The maximum atomic E-state index is 11.8. The Bertz CT molecular complexity index is 371. The minimum atomic E-state index is 0.0184. The molecule has 0 N–H and O–H groups in total. The number of carbonyl (C=O) groups is 2. The van der Waals surface area contributed by atoms with Gasteiger partial charge in [-0.1, -0.05) is 30.4 Å². The lowest BCUT2D eigenvalue weighted by atomic mass is 10.0. The first-order chi connectivity index (χ1) is 8.25. The van der Waals surface area contributed by atoms with Gasteiger partial charge in [-0.25, -0.2) is 0 Å². The van der Waals surface area contributed by atoms with Gasteiger partial charge in [-0.15, -0.1) is 0 Å². The largest absolute Gasteiger partial charge is 0.338 e. The third-order valence-electron chi connectivity index (χ3n) is 3.08. The Morgan fingerprint density at radius 3 is 2.53 bits per heavy atom. The predicted molar refractivity (Wildman–Crippen MR) is 66.3 cm³/mol. The number of hydrogen-bond donors (Lipinski definition) is 0. The zero-order valence-electron chi connectivity index (χ0n) is 9.84. The standard InChI is InChI=1S/C14H17NO2/c16-13-8-10-15(11-9-13)14(17)7-6-12-4-2-1-3-5-12/h2-7,12H,1,8-11H2/b7-6+. The summed E-state index contributed by atoms with van der Waals surface area (Å²) in [5.41, 5.74) is 0. The van der Waals surface area contributed by atoms with E-state index in [2.05, 4.69) is 24.3 Å². The lowest BCUT2D eigenvalue weighted by Gasteiger charge is -2.24. The van der Waals surface area contributed by atoms with Gasteiger partial charge in [-0.05, 0) is 6.42 Å². The number of allylic oxidation sites excluding steroid dienone is 5. The highest BCUT2D eigenvalue weighted by atomic mass is 16.2. The minimum Gasteiger partial charge on any atom is -0.338 e. The van der Waals surface area contributed by atoms with Crippen LogP contribution in [0.4, 0.5) is 0 Å². The molecule has 0 unspecified atom stereocenters. The van der Waals surface area contributed by atoms with Crippen LogP contribution in [-0.4, -0.2) is 29.7 Å². The summed E-state index contributed by atoms with van der Waals surface area (Å²) in [6, 6.07) is 0. The maximum absolute atomic E-state index is 11.8. The SMILES string of the molecule is O=C1CCN(C(=O)/C=C/C2C=CCC=C2)CC1. The first kappa shape index (κ1) is 11.8. The molecule has 0 saturated carbocycles. The molecule has 0 radical (unpaired) electrons. The molecule has 0 aromatic heterocycles. The summed E-state index contributed by atoms with van der Waals surface area (Å²) in [7, 11) is 0. The summed E-state index contributed by atoms with van der Waals surface area (Å²) in [4.78, 5) is 24.6. The van der Waals surface area contributed by atoms with Gasteiger partial charge in [-0.2, -0.15) is 0 Å². The number of likely N-dealkylation sites (tertiary alicyclic amines) is 1. The van der Waals surface area contributed by atoms with Crippen molar-refractivity contribution in [3.05, 3.63) is 36.5 Å². The Morgan fingerprint density at radius 1 is 1.24 bits per heavy atom. The lowest BCUT2D eigenvalue weighted by molar-refractivity contribution is -0.130. The Labute approximate surface area is 101 Å². The molecule has 0 spiro atoms. The second-order valence-corrected chi connectivity index (χ2v) is 4.39. The van der Waals surface area contributed by atoms with Crippen LogP contribution in [-0.2, 0) is 9.59 Å². The number of rotatable bonds is 2. The van der Waals surface area contributed by atoms with Crippen molar-refractivity contribution < 1.29 is 9.59 Å². The first-order valence-electron chi connectivity index (χ1n) is 6.08. The van der Waals surface area contributed by atoms with Crippen molar-refractivity contribution in [3.8, 4) is 0 Å². The highest BCUT2D eigenvalue weighted by Gasteiger charge is 2.18. The van der Waals surface area contributed by atoms with Gasteiger partial charge in [0.15, 0.2) is 0 Å². The summed E-state index contributed by atoms with van der Waals surface area (Å²) in [5.74, 6) is 0.514. The first-order valence-corrected chi connectivity index (χ1v) is 6.08. The van der Waals surface area contributed by atoms with Crippen LogP contribution in [0.15, 0.2) is 36.5 Å². The van der Waals surface area contributed by atoms with E-state index >= 15 is 0 Å². The predicted octanol–water partition coefficient (Wildman–Crippen LogP) is 1.87. The fourth-order valence-corrected chi connectivity index (χ4v) is 2.02. The average molecular weight is 231 g/mol. The van der Waals surface area contributed by atoms with Crippen LogP contribution in [0.2, 0.25) is 0 Å². The fourth-order valence-electron chi connectivity index (χ4n) is 2.02. The molecule has 1 amide bonds. The Hall–Kier alpha value is -1.64. The molecule has 90 valence electrons. The normalized spacial score (nSPS) is 21.4. The molecular weight excluding hydrogens is 214 g/mol. The molecule has 17 heavy (non-hydrogen) atoms. The van der Waals surface area contributed by atoms with Crippen molar-refractivity contribution in [2.24, 2.45) is 5.92 Å². The van der Waals surface area contributed by atoms with Gasteiger partial charge in [0.05, 0.1) is 0 Å². The topological polar surface area (TPSA) is 37.4 Å². The number of nitrogens with zero attached hydrogens (tertiary/aromatic N) is 1. The van der Waals surface area contributed by atoms with Gasteiger partial charge >= 0.3 is 0 Å². The molecule has 1 heterocycles. The molecule has 2 aliphatic rings. The number of carbonyl (C=O) groups excluding carboxylic acids is 2. The maximum Gasteiger partial charge on any atom is 0.246 e. The van der Waals surface area contributed by atoms with Gasteiger partial charge < -0.3 is 4.90 Å². The minimum absolute atomic E-state index is 0.0184. The van der Waals surface area contributed by atoms with Crippen LogP contribution in [0, 0.1) is 5.92 Å². The Balaban J connectivity index is 1.86. The zero-order chi connectivity index (χ0) is 12.1. The van der Waals surface area contributed by atoms with Crippen LogP contribution in [0.1, 0.15) is 19.3 Å². The highest BCUT2D eigenvalue weighted by molar-refractivity contribution is 5.89. The highest BCUT2D eigenvalue weighted by Crippen LogP contribution is 2.11. The number of amides is 1. The van der Waals surface area contributed by atoms with E-state index in [1.807, 2.05) is 6.08 Å². The van der Waals surface area contributed by atoms with Crippen molar-refractivity contribution in [2.75, 3.05) is 13.1 Å². The molecule has 1 saturated heterocycles. The van der Waals surface area contributed by atoms with Crippen LogP contribution in [0.25, 0.3) is 0 Å². The summed E-state index contributed by atoms with van der Waals surface area (Å²) in [6.07, 6.45) is 13.9. The fraction of sp³-hybridized carbons (Fsp3) is 0.429. The van der Waals surface area contributed by atoms with Gasteiger partial charge in [0.2, 0.25) is 5.91 Å². The molecule has 1 aliphatic carbocycles. The monoisotopic (exact) mass is 231 g/mol. The summed E-state index contributed by atoms with van der Waals surface area (Å²) in [5, 5.41) is 0. The molecule has 3 nitrogen and oxygen atoms in total. The molecule has 1 aliphatic heterocycles. The van der Waals surface area contributed by atoms with E-state index in [0.717, 1.165) is 6.42 Å². The van der Waals surface area contributed by atoms with Gasteiger partial charge in [0, 0.05) is 37.9 Å². The third-order valence-corrected chi connectivity index (χ3v) is 3.08. The second kappa shape index (κ2) is 5.62.